The predicted molar refractivity (Wildman–Crippen MR) is 97.2 cm³/mol. The third-order valence-corrected chi connectivity index (χ3v) is 4.33. The first-order chi connectivity index (χ1) is 11.5. The molecule has 1 N–H and O–H groups in total. The summed E-state index contributed by atoms with van der Waals surface area (Å²) in [6.45, 7) is 4.92. The van der Waals surface area contributed by atoms with E-state index in [2.05, 4.69) is 27.3 Å². The lowest BCUT2D eigenvalue weighted by Crippen LogP contribution is -2.30. The van der Waals surface area contributed by atoms with E-state index in [1.54, 1.807) is 17.5 Å². The number of likely N-dealkylation sites (N-methyl/N-ethyl adjacent to an activating group) is 1. The van der Waals surface area contributed by atoms with Gasteiger partial charge in [0.1, 0.15) is 0 Å². The predicted octanol–water partition coefficient (Wildman–Crippen LogP) is 3.53. The van der Waals surface area contributed by atoms with Gasteiger partial charge in [-0.05, 0) is 39.4 Å². The number of aryl methyl sites for hydroxylation is 1. The Kier molecular flexibility index (Phi) is 4.92. The first-order valence-electron chi connectivity index (χ1n) is 7.79. The first-order valence-corrected chi connectivity index (χ1v) is 8.67. The molecule has 126 valence electrons. The van der Waals surface area contributed by atoms with Gasteiger partial charge in [0.25, 0.3) is 0 Å². The van der Waals surface area contributed by atoms with Crippen LogP contribution in [0.4, 0.5) is 5.95 Å². The van der Waals surface area contributed by atoms with Crippen molar-refractivity contribution in [1.29, 1.82) is 0 Å². The first kappa shape index (κ1) is 16.6. The Balaban J connectivity index is 1.96. The zero-order chi connectivity index (χ0) is 17.1. The van der Waals surface area contributed by atoms with Crippen LogP contribution < -0.4 is 5.32 Å². The minimum absolute atomic E-state index is 0.245. The molecule has 0 unspecified atom stereocenters. The summed E-state index contributed by atoms with van der Waals surface area (Å²) in [6, 6.07) is 6.21. The molecule has 0 amide bonds. The molecule has 0 radical (unpaired) electrons. The molecule has 0 aliphatic carbocycles. The summed E-state index contributed by atoms with van der Waals surface area (Å²) < 4.78 is 5.41. The van der Waals surface area contributed by atoms with E-state index in [0.717, 1.165) is 28.4 Å². The Bertz CT molecular complexity index is 797. The summed E-state index contributed by atoms with van der Waals surface area (Å²) in [6.07, 6.45) is 1.80. The van der Waals surface area contributed by atoms with Crippen LogP contribution in [0.15, 0.2) is 34.3 Å². The van der Waals surface area contributed by atoms with Crippen molar-refractivity contribution in [3.05, 3.63) is 35.5 Å². The van der Waals surface area contributed by atoms with Crippen molar-refractivity contribution in [3.8, 4) is 21.9 Å². The molecular weight excluding hydrogens is 322 g/mol. The minimum Gasteiger partial charge on any atom is -0.356 e. The molecule has 6 nitrogen and oxygen atoms in total. The van der Waals surface area contributed by atoms with Gasteiger partial charge in [-0.15, -0.1) is 11.3 Å². The van der Waals surface area contributed by atoms with Gasteiger partial charge in [-0.3, -0.25) is 0 Å². The van der Waals surface area contributed by atoms with Gasteiger partial charge < -0.3 is 14.7 Å². The molecule has 24 heavy (non-hydrogen) atoms. The number of thiophene rings is 1. The monoisotopic (exact) mass is 343 g/mol. The molecule has 0 bridgehead atoms. The number of anilines is 1. The van der Waals surface area contributed by atoms with Crippen molar-refractivity contribution < 1.29 is 4.52 Å². The van der Waals surface area contributed by atoms with Crippen LogP contribution in [-0.2, 0) is 0 Å². The van der Waals surface area contributed by atoms with Gasteiger partial charge >= 0.3 is 0 Å². The molecule has 0 fully saturated rings. The normalized spacial score (nSPS) is 12.5. The Morgan fingerprint density at radius 2 is 2.21 bits per heavy atom. The van der Waals surface area contributed by atoms with Gasteiger partial charge in [-0.25, -0.2) is 9.97 Å². The van der Waals surface area contributed by atoms with Crippen LogP contribution in [0.2, 0.25) is 0 Å². The molecule has 7 heteroatoms. The molecular formula is C17H21N5OS. The molecule has 3 aromatic rings. The lowest BCUT2D eigenvalue weighted by atomic mass is 10.1. The van der Waals surface area contributed by atoms with Crippen LogP contribution in [0.25, 0.3) is 21.9 Å². The summed E-state index contributed by atoms with van der Waals surface area (Å²) in [5, 5.41) is 9.36. The number of hydrogen-bond donors (Lipinski definition) is 1. The minimum atomic E-state index is 0.245. The maximum Gasteiger partial charge on any atom is 0.223 e. The molecule has 0 saturated carbocycles. The quantitative estimate of drug-likeness (QED) is 0.738. The van der Waals surface area contributed by atoms with Gasteiger partial charge in [0, 0.05) is 24.8 Å². The van der Waals surface area contributed by atoms with Crippen molar-refractivity contribution in [1.82, 2.24) is 20.0 Å². The van der Waals surface area contributed by atoms with Crippen molar-refractivity contribution >= 4 is 17.3 Å². The molecule has 0 aromatic carbocycles. The number of rotatable bonds is 6. The van der Waals surface area contributed by atoms with Crippen LogP contribution in [0, 0.1) is 6.92 Å². The van der Waals surface area contributed by atoms with Crippen molar-refractivity contribution in [2.24, 2.45) is 0 Å². The van der Waals surface area contributed by atoms with Crippen molar-refractivity contribution in [2.45, 2.75) is 19.9 Å². The highest BCUT2D eigenvalue weighted by molar-refractivity contribution is 7.13. The van der Waals surface area contributed by atoms with E-state index in [9.17, 15) is 0 Å². The van der Waals surface area contributed by atoms with E-state index in [4.69, 9.17) is 9.51 Å². The van der Waals surface area contributed by atoms with E-state index >= 15 is 0 Å². The summed E-state index contributed by atoms with van der Waals surface area (Å²) in [5.41, 5.74) is 2.54. The van der Waals surface area contributed by atoms with Gasteiger partial charge in [0.05, 0.1) is 21.8 Å². The van der Waals surface area contributed by atoms with Crippen LogP contribution in [0.1, 0.15) is 12.6 Å². The highest BCUT2D eigenvalue weighted by Crippen LogP contribution is 2.33. The maximum atomic E-state index is 5.41. The second kappa shape index (κ2) is 7.11. The van der Waals surface area contributed by atoms with E-state index in [1.165, 1.54) is 0 Å². The van der Waals surface area contributed by atoms with Gasteiger partial charge in [0.15, 0.2) is 5.76 Å². The molecule has 0 spiro atoms. The zero-order valence-electron chi connectivity index (χ0n) is 14.3. The molecule has 0 aliphatic heterocycles. The lowest BCUT2D eigenvalue weighted by Gasteiger charge is -2.18. The SMILES string of the molecule is Cc1cc(-c2cnc(N[C@@H](C)CN(C)C)nc2-c2cccs2)on1. The Labute approximate surface area is 145 Å². The average Bonchev–Trinajstić information content (AvgIpc) is 3.17. The van der Waals surface area contributed by atoms with E-state index in [0.29, 0.717) is 11.7 Å². The molecule has 3 heterocycles. The van der Waals surface area contributed by atoms with Crippen molar-refractivity contribution in [3.63, 3.8) is 0 Å². The Morgan fingerprint density at radius 3 is 2.83 bits per heavy atom. The molecule has 3 rings (SSSR count). The topological polar surface area (TPSA) is 67.1 Å². The standard InChI is InChI=1S/C17H21N5OS/c1-11-8-14(23-21-11)13-9-18-17(19-12(2)10-22(3)4)20-16(13)15-6-5-7-24-15/h5-9,12H,10H2,1-4H3,(H,18,19,20)/t12-/m0/s1. The molecule has 1 atom stereocenters. The fraction of sp³-hybridized carbons (Fsp3) is 0.353. The number of nitrogens with zero attached hydrogens (tertiary/aromatic N) is 4. The van der Waals surface area contributed by atoms with Crippen LogP contribution in [-0.4, -0.2) is 46.7 Å². The van der Waals surface area contributed by atoms with Gasteiger partial charge in [-0.1, -0.05) is 11.2 Å². The number of aromatic nitrogens is 3. The van der Waals surface area contributed by atoms with E-state index < -0.39 is 0 Å². The third kappa shape index (κ3) is 3.80. The molecule has 0 aliphatic rings. The van der Waals surface area contributed by atoms with Gasteiger partial charge in [0.2, 0.25) is 5.95 Å². The maximum absolute atomic E-state index is 5.41. The van der Waals surface area contributed by atoms with Crippen LogP contribution in [0.5, 0.6) is 0 Å². The van der Waals surface area contributed by atoms with Gasteiger partial charge in [-0.2, -0.15) is 0 Å². The highest BCUT2D eigenvalue weighted by Gasteiger charge is 2.16. The molecule has 3 aromatic heterocycles. The third-order valence-electron chi connectivity index (χ3n) is 3.45. The summed E-state index contributed by atoms with van der Waals surface area (Å²) >= 11 is 1.64. The lowest BCUT2D eigenvalue weighted by molar-refractivity contribution is 0.391. The van der Waals surface area contributed by atoms with E-state index in [1.807, 2.05) is 44.6 Å². The Hall–Kier alpha value is -2.25. The second-order valence-electron chi connectivity index (χ2n) is 6.07. The second-order valence-corrected chi connectivity index (χ2v) is 7.02. The largest absolute Gasteiger partial charge is 0.356 e. The summed E-state index contributed by atoms with van der Waals surface area (Å²) in [7, 11) is 4.09. The number of nitrogens with one attached hydrogen (secondary N) is 1. The van der Waals surface area contributed by atoms with Crippen LogP contribution in [0.3, 0.4) is 0 Å². The molecule has 0 saturated heterocycles. The van der Waals surface area contributed by atoms with Crippen LogP contribution >= 0.6 is 11.3 Å². The fourth-order valence-corrected chi connectivity index (χ4v) is 3.27. The fourth-order valence-electron chi connectivity index (χ4n) is 2.54. The smallest absolute Gasteiger partial charge is 0.223 e. The Morgan fingerprint density at radius 1 is 1.38 bits per heavy atom. The average molecular weight is 343 g/mol. The van der Waals surface area contributed by atoms with E-state index in [-0.39, 0.29) is 6.04 Å². The number of hydrogen-bond acceptors (Lipinski definition) is 7. The highest BCUT2D eigenvalue weighted by atomic mass is 32.1. The summed E-state index contributed by atoms with van der Waals surface area (Å²) in [4.78, 5) is 12.4. The zero-order valence-corrected chi connectivity index (χ0v) is 15.1. The van der Waals surface area contributed by atoms with Crippen molar-refractivity contribution in [2.75, 3.05) is 26.0 Å². The summed E-state index contributed by atoms with van der Waals surface area (Å²) in [5.74, 6) is 1.30.